The SMILES string of the molecule is CN(NC(=O)CC(=O)NN(C)C(=S)c1cc2ccccc2s1)C(=S)c1cc2ccccc2s1. The Morgan fingerprint density at radius 2 is 1.15 bits per heavy atom. The van der Waals surface area contributed by atoms with Crippen molar-refractivity contribution in [2.24, 2.45) is 0 Å². The highest BCUT2D eigenvalue weighted by molar-refractivity contribution is 7.81. The maximum Gasteiger partial charge on any atom is 0.248 e. The number of hydrogen-bond acceptors (Lipinski definition) is 6. The lowest BCUT2D eigenvalue weighted by Gasteiger charge is -2.22. The van der Waals surface area contributed by atoms with Crippen LogP contribution in [0.2, 0.25) is 0 Å². The van der Waals surface area contributed by atoms with Gasteiger partial charge in [-0.3, -0.25) is 30.5 Å². The van der Waals surface area contributed by atoms with E-state index in [1.807, 2.05) is 60.7 Å². The van der Waals surface area contributed by atoms with Crippen LogP contribution in [0, 0.1) is 0 Å². The van der Waals surface area contributed by atoms with Crippen molar-refractivity contribution in [2.75, 3.05) is 14.1 Å². The van der Waals surface area contributed by atoms with E-state index in [1.165, 1.54) is 10.0 Å². The summed E-state index contributed by atoms with van der Waals surface area (Å²) in [6, 6.07) is 19.9. The minimum atomic E-state index is -0.473. The van der Waals surface area contributed by atoms with E-state index in [4.69, 9.17) is 24.4 Å². The third kappa shape index (κ3) is 5.36. The summed E-state index contributed by atoms with van der Waals surface area (Å²) in [5, 5.41) is 5.11. The molecule has 0 aliphatic heterocycles. The summed E-state index contributed by atoms with van der Waals surface area (Å²) in [4.78, 5) is 27.5. The van der Waals surface area contributed by atoms with Crippen LogP contribution in [0.5, 0.6) is 0 Å². The first-order valence-corrected chi connectivity index (χ1v) is 12.4. The second-order valence-electron chi connectivity index (χ2n) is 7.27. The Balaban J connectivity index is 1.30. The van der Waals surface area contributed by atoms with Crippen LogP contribution < -0.4 is 10.9 Å². The summed E-state index contributed by atoms with van der Waals surface area (Å²) in [6.07, 6.45) is -0.362. The molecule has 0 saturated heterocycles. The molecule has 10 heteroatoms. The van der Waals surface area contributed by atoms with Gasteiger partial charge in [0.15, 0.2) is 0 Å². The van der Waals surface area contributed by atoms with Crippen LogP contribution in [0.1, 0.15) is 16.2 Å². The number of thiocarbonyl (C=S) groups is 2. The third-order valence-corrected chi connectivity index (χ3v) is 8.28. The minimum absolute atomic E-state index is 0.362. The van der Waals surface area contributed by atoms with Crippen LogP contribution in [-0.2, 0) is 9.59 Å². The average Bonchev–Trinajstić information content (AvgIpc) is 3.41. The molecule has 2 heterocycles. The molecule has 0 fully saturated rings. The number of hydrogen-bond donors (Lipinski definition) is 2. The first-order valence-electron chi connectivity index (χ1n) is 9.94. The molecule has 2 amide bonds. The van der Waals surface area contributed by atoms with E-state index in [-0.39, 0.29) is 6.42 Å². The van der Waals surface area contributed by atoms with Crippen molar-refractivity contribution in [3.8, 4) is 0 Å². The number of carbonyl (C=O) groups excluding carboxylic acids is 2. The average molecular weight is 513 g/mol. The lowest BCUT2D eigenvalue weighted by molar-refractivity contribution is -0.132. The molecule has 0 atom stereocenters. The molecular formula is C23H20N4O2S4. The zero-order chi connectivity index (χ0) is 23.5. The first kappa shape index (κ1) is 23.2. The summed E-state index contributed by atoms with van der Waals surface area (Å²) in [7, 11) is 3.32. The van der Waals surface area contributed by atoms with Crippen molar-refractivity contribution in [2.45, 2.75) is 6.42 Å². The van der Waals surface area contributed by atoms with Crippen molar-refractivity contribution in [3.05, 3.63) is 70.4 Å². The van der Waals surface area contributed by atoms with Crippen molar-refractivity contribution in [3.63, 3.8) is 0 Å². The summed E-state index contributed by atoms with van der Waals surface area (Å²) in [5.74, 6) is -0.945. The van der Waals surface area contributed by atoms with Gasteiger partial charge in [-0.05, 0) is 35.0 Å². The molecule has 0 saturated carbocycles. The number of hydrazine groups is 2. The van der Waals surface area contributed by atoms with Crippen molar-refractivity contribution in [1.82, 2.24) is 20.9 Å². The Morgan fingerprint density at radius 3 is 1.55 bits per heavy atom. The number of rotatable bonds is 4. The number of amides is 2. The smallest absolute Gasteiger partial charge is 0.248 e. The van der Waals surface area contributed by atoms with E-state index in [0.717, 1.165) is 29.9 Å². The molecule has 2 aromatic heterocycles. The van der Waals surface area contributed by atoms with Crippen LogP contribution in [0.4, 0.5) is 0 Å². The molecule has 2 aromatic carbocycles. The molecule has 168 valence electrons. The van der Waals surface area contributed by atoms with Crippen LogP contribution in [0.25, 0.3) is 20.2 Å². The third-order valence-electron chi connectivity index (χ3n) is 4.79. The summed E-state index contributed by atoms with van der Waals surface area (Å²) in [5.41, 5.74) is 5.31. The van der Waals surface area contributed by atoms with Gasteiger partial charge in [-0.25, -0.2) is 0 Å². The zero-order valence-corrected chi connectivity index (χ0v) is 21.1. The Kier molecular flexibility index (Phi) is 6.99. The number of nitrogens with zero attached hydrogens (tertiary/aromatic N) is 2. The van der Waals surface area contributed by atoms with Gasteiger partial charge in [-0.15, -0.1) is 22.7 Å². The fourth-order valence-electron chi connectivity index (χ4n) is 3.21. The fraction of sp³-hybridized carbons (Fsp3) is 0.130. The normalized spacial score (nSPS) is 10.7. The molecule has 0 aliphatic rings. The topological polar surface area (TPSA) is 64.7 Å². The number of thiophene rings is 2. The maximum absolute atomic E-state index is 12.4. The number of carbonyl (C=O) groups is 2. The number of fused-ring (bicyclic) bond motifs is 2. The summed E-state index contributed by atoms with van der Waals surface area (Å²) < 4.78 is 2.23. The largest absolute Gasteiger partial charge is 0.277 e. The van der Waals surface area contributed by atoms with Crippen LogP contribution in [-0.4, -0.2) is 45.9 Å². The molecule has 4 aromatic rings. The Hall–Kier alpha value is -2.92. The van der Waals surface area contributed by atoms with E-state index in [0.29, 0.717) is 9.98 Å². The van der Waals surface area contributed by atoms with Crippen molar-refractivity contribution < 1.29 is 9.59 Å². The van der Waals surface area contributed by atoms with Gasteiger partial charge in [-0.2, -0.15) is 0 Å². The van der Waals surface area contributed by atoms with Crippen LogP contribution in [0.15, 0.2) is 60.7 Å². The van der Waals surface area contributed by atoms with Gasteiger partial charge in [0.1, 0.15) is 16.4 Å². The van der Waals surface area contributed by atoms with Crippen LogP contribution >= 0.6 is 47.1 Å². The highest BCUT2D eigenvalue weighted by atomic mass is 32.1. The van der Waals surface area contributed by atoms with Gasteiger partial charge in [-0.1, -0.05) is 60.8 Å². The molecule has 0 radical (unpaired) electrons. The molecule has 0 spiro atoms. The Labute approximate surface area is 209 Å². The quantitative estimate of drug-likeness (QED) is 0.239. The van der Waals surface area contributed by atoms with Gasteiger partial charge in [0.25, 0.3) is 0 Å². The Bertz CT molecular complexity index is 1210. The molecule has 4 rings (SSSR count). The first-order chi connectivity index (χ1) is 15.8. The van der Waals surface area contributed by atoms with Gasteiger partial charge >= 0.3 is 0 Å². The van der Waals surface area contributed by atoms with E-state index in [9.17, 15) is 9.59 Å². The van der Waals surface area contributed by atoms with E-state index < -0.39 is 11.8 Å². The van der Waals surface area contributed by atoms with Gasteiger partial charge < -0.3 is 0 Å². The van der Waals surface area contributed by atoms with Crippen LogP contribution in [0.3, 0.4) is 0 Å². The fourth-order valence-corrected chi connectivity index (χ4v) is 5.74. The molecule has 6 nitrogen and oxygen atoms in total. The van der Waals surface area contributed by atoms with Gasteiger partial charge in [0, 0.05) is 23.5 Å². The van der Waals surface area contributed by atoms with E-state index in [1.54, 1.807) is 36.8 Å². The van der Waals surface area contributed by atoms with Gasteiger partial charge in [0.05, 0.1) is 9.75 Å². The molecule has 0 bridgehead atoms. The number of nitrogens with one attached hydrogen (secondary N) is 2. The molecule has 33 heavy (non-hydrogen) atoms. The van der Waals surface area contributed by atoms with Crippen molar-refractivity contribution in [1.29, 1.82) is 0 Å². The summed E-state index contributed by atoms with van der Waals surface area (Å²) >= 11 is 14.1. The highest BCUT2D eigenvalue weighted by Gasteiger charge is 2.18. The second kappa shape index (κ2) is 9.92. The molecule has 0 aliphatic carbocycles. The lowest BCUT2D eigenvalue weighted by Crippen LogP contribution is -2.47. The van der Waals surface area contributed by atoms with Crippen molar-refractivity contribution >= 4 is 89.1 Å². The predicted molar refractivity (Wildman–Crippen MR) is 143 cm³/mol. The predicted octanol–water partition coefficient (Wildman–Crippen LogP) is 4.48. The Morgan fingerprint density at radius 1 is 0.758 bits per heavy atom. The zero-order valence-electron chi connectivity index (χ0n) is 17.8. The maximum atomic E-state index is 12.4. The monoisotopic (exact) mass is 512 g/mol. The van der Waals surface area contributed by atoms with Gasteiger partial charge in [0.2, 0.25) is 11.8 Å². The second-order valence-corrected chi connectivity index (χ2v) is 10.2. The molecule has 2 N–H and O–H groups in total. The standard InChI is InChI=1S/C23H20N4O2S4/c1-26(22(30)18-11-14-7-3-5-9-16(14)32-18)24-20(28)13-21(29)25-27(2)23(31)19-12-15-8-4-6-10-17(15)33-19/h3-12H,13H2,1-2H3,(H,24,28)(H,25,29). The molecule has 0 unspecified atom stereocenters. The van der Waals surface area contributed by atoms with E-state index >= 15 is 0 Å². The number of benzene rings is 2. The van der Waals surface area contributed by atoms with E-state index in [2.05, 4.69) is 10.9 Å². The minimum Gasteiger partial charge on any atom is -0.277 e. The molecular weight excluding hydrogens is 493 g/mol. The highest BCUT2D eigenvalue weighted by Crippen LogP contribution is 2.27. The lowest BCUT2D eigenvalue weighted by atomic mass is 10.2. The summed E-state index contributed by atoms with van der Waals surface area (Å²) in [6.45, 7) is 0.